The molecule has 0 atom stereocenters. The third kappa shape index (κ3) is 4.40. The summed E-state index contributed by atoms with van der Waals surface area (Å²) < 4.78 is 0. The van der Waals surface area contributed by atoms with Crippen LogP contribution in [0.4, 0.5) is 11.4 Å². The second kappa shape index (κ2) is 12.0. The van der Waals surface area contributed by atoms with Crippen LogP contribution in [0.25, 0.3) is 55.4 Å². The van der Waals surface area contributed by atoms with Gasteiger partial charge in [0.25, 0.3) is 0 Å². The normalized spacial score (nSPS) is 14.5. The van der Waals surface area contributed by atoms with Crippen LogP contribution in [0.15, 0.2) is 182 Å². The van der Waals surface area contributed by atoms with E-state index in [9.17, 15) is 0 Å². The van der Waals surface area contributed by atoms with Crippen molar-refractivity contribution in [2.75, 3.05) is 0 Å². The Morgan fingerprint density at radius 2 is 0.604 bits per heavy atom. The number of fused-ring (bicyclic) bond motifs is 20. The third-order valence-corrected chi connectivity index (χ3v) is 11.0. The van der Waals surface area contributed by atoms with E-state index in [1.54, 1.807) is 0 Å². The second-order valence-electron chi connectivity index (χ2n) is 13.7. The first-order valence-electron chi connectivity index (χ1n) is 17.7. The number of hydrogen-bond acceptors (Lipinski definition) is 2. The van der Waals surface area contributed by atoms with Gasteiger partial charge in [-0.05, 0) is 91.0 Å². The van der Waals surface area contributed by atoms with E-state index in [0.29, 0.717) is 0 Å². The molecule has 0 amide bonds. The van der Waals surface area contributed by atoms with Crippen molar-refractivity contribution in [3.8, 4) is 44.8 Å². The molecule has 2 aromatic heterocycles. The predicted octanol–water partition coefficient (Wildman–Crippen LogP) is 12.1. The zero-order valence-corrected chi connectivity index (χ0v) is 30.7. The standard InChI is InChI=1S/C48H30N4.Pt/c1-7-21-37-31(15-1)32-16-2-8-22-38(32)47(37)45-29-13-27-41(49-45)36-20-6-12-26-44(36)52-48(39-23-9-3-17-33(39)34-18-4-10-24-40(34)48)46-30-14-28-42(50-46)35-19-5-11-25-43(35)51-47;/h1-30H;/q-2;+2. The molecule has 2 spiro atoms. The Labute approximate surface area is 322 Å². The molecule has 0 radical (unpaired) electrons. The van der Waals surface area contributed by atoms with E-state index >= 15 is 0 Å². The Morgan fingerprint density at radius 3 is 0.962 bits per heavy atom. The van der Waals surface area contributed by atoms with Gasteiger partial charge in [-0.25, -0.2) is 0 Å². The number of pyridine rings is 2. The molecule has 6 aromatic carbocycles. The molecule has 1 aliphatic heterocycles. The summed E-state index contributed by atoms with van der Waals surface area (Å²) in [6.07, 6.45) is 0. The number of nitrogens with zero attached hydrogens (tertiary/aromatic N) is 4. The van der Waals surface area contributed by atoms with E-state index in [-0.39, 0.29) is 21.1 Å². The Kier molecular flexibility index (Phi) is 7.15. The van der Waals surface area contributed by atoms with Gasteiger partial charge in [0.15, 0.2) is 0 Å². The minimum atomic E-state index is -0.905. The van der Waals surface area contributed by atoms with Gasteiger partial charge in [-0.15, -0.1) is 11.4 Å². The summed E-state index contributed by atoms with van der Waals surface area (Å²) in [5.41, 5.74) is 14.3. The molecule has 0 unspecified atom stereocenters. The van der Waals surface area contributed by atoms with Crippen molar-refractivity contribution < 1.29 is 21.1 Å². The van der Waals surface area contributed by atoms with E-state index in [0.717, 1.165) is 67.5 Å². The molecule has 53 heavy (non-hydrogen) atoms. The fraction of sp³-hybridized carbons (Fsp3) is 0.0417. The van der Waals surface area contributed by atoms with Crippen LogP contribution in [-0.2, 0) is 32.1 Å². The van der Waals surface area contributed by atoms with Gasteiger partial charge in [0.1, 0.15) is 0 Å². The van der Waals surface area contributed by atoms with Gasteiger partial charge < -0.3 is 10.6 Å². The minimum Gasteiger partial charge on any atom is -0.666 e. The Balaban J connectivity index is 0.00000349. The van der Waals surface area contributed by atoms with E-state index in [1.165, 1.54) is 22.3 Å². The molecule has 0 saturated heterocycles. The summed E-state index contributed by atoms with van der Waals surface area (Å²) >= 11 is 0. The summed E-state index contributed by atoms with van der Waals surface area (Å²) in [5, 5.41) is 11.7. The van der Waals surface area contributed by atoms with Crippen molar-refractivity contribution in [2.45, 2.75) is 11.1 Å². The maximum absolute atomic E-state index is 5.86. The van der Waals surface area contributed by atoms with Crippen LogP contribution in [0.1, 0.15) is 33.6 Å². The summed E-state index contributed by atoms with van der Waals surface area (Å²) in [6, 6.07) is 64.0. The number of para-hydroxylation sites is 2. The Hall–Kier alpha value is -6.09. The second-order valence-corrected chi connectivity index (χ2v) is 13.7. The van der Waals surface area contributed by atoms with Gasteiger partial charge in [0.05, 0.1) is 11.4 Å². The molecule has 0 N–H and O–H groups in total. The number of aromatic nitrogens is 2. The van der Waals surface area contributed by atoms with Crippen molar-refractivity contribution in [3.05, 3.63) is 226 Å². The fourth-order valence-electron chi connectivity index (χ4n) is 8.84. The Bertz CT molecular complexity index is 2460. The topological polar surface area (TPSA) is 54.0 Å². The summed E-state index contributed by atoms with van der Waals surface area (Å²) in [7, 11) is 0. The van der Waals surface area contributed by atoms with E-state index in [2.05, 4.69) is 182 Å². The average Bonchev–Trinajstić information content (AvgIpc) is 3.66. The van der Waals surface area contributed by atoms with Crippen molar-refractivity contribution in [1.82, 2.24) is 9.97 Å². The van der Waals surface area contributed by atoms with Gasteiger partial charge >= 0.3 is 21.1 Å². The number of hydrogen-bond donors (Lipinski definition) is 0. The number of benzene rings is 6. The molecule has 2 aliphatic carbocycles. The molecular formula is C48H30N4Pt. The predicted molar refractivity (Wildman–Crippen MR) is 209 cm³/mol. The first kappa shape index (κ1) is 31.6. The maximum atomic E-state index is 5.86. The molecule has 11 rings (SSSR count). The molecule has 0 saturated carbocycles. The van der Waals surface area contributed by atoms with Crippen molar-refractivity contribution in [2.24, 2.45) is 0 Å². The van der Waals surface area contributed by atoms with Crippen LogP contribution in [0.5, 0.6) is 0 Å². The number of rotatable bonds is 0. The van der Waals surface area contributed by atoms with Crippen molar-refractivity contribution in [3.63, 3.8) is 0 Å². The first-order valence-corrected chi connectivity index (χ1v) is 17.7. The zero-order chi connectivity index (χ0) is 34.3. The molecule has 8 aromatic rings. The Morgan fingerprint density at radius 1 is 0.302 bits per heavy atom. The smallest absolute Gasteiger partial charge is 0.666 e. The van der Waals surface area contributed by atoms with E-state index in [1.807, 2.05) is 0 Å². The van der Waals surface area contributed by atoms with Crippen LogP contribution >= 0.6 is 0 Å². The summed E-state index contributed by atoms with van der Waals surface area (Å²) in [4.78, 5) is 11.1. The summed E-state index contributed by atoms with van der Waals surface area (Å²) in [6.45, 7) is 0. The van der Waals surface area contributed by atoms with E-state index < -0.39 is 11.1 Å². The SMILES string of the molecule is [Pt+2].c1cc2nc(c1)C1([N-]c3ccccc3-c3cccc(n3)C3([N-]c4ccccc4-2)c2ccccc2-c2ccccc23)c2ccccc2-c2ccccc21. The van der Waals surface area contributed by atoms with Gasteiger partial charge in [0.2, 0.25) is 0 Å². The van der Waals surface area contributed by atoms with Crippen LogP contribution in [0, 0.1) is 0 Å². The largest absolute Gasteiger partial charge is 2.00 e. The third-order valence-electron chi connectivity index (χ3n) is 11.0. The first-order chi connectivity index (χ1) is 25.8. The van der Waals surface area contributed by atoms with Crippen LogP contribution in [0.2, 0.25) is 0 Å². The maximum Gasteiger partial charge on any atom is 2.00 e. The molecule has 5 heteroatoms. The summed E-state index contributed by atoms with van der Waals surface area (Å²) in [5.74, 6) is 0. The fourth-order valence-corrected chi connectivity index (χ4v) is 8.84. The zero-order valence-electron chi connectivity index (χ0n) is 28.4. The molecule has 252 valence electrons. The molecular weight excluding hydrogens is 828 g/mol. The van der Waals surface area contributed by atoms with Gasteiger partial charge in [0, 0.05) is 11.4 Å². The van der Waals surface area contributed by atoms with Gasteiger partial charge in [-0.2, -0.15) is 0 Å². The minimum absolute atomic E-state index is 0. The van der Waals surface area contributed by atoms with Gasteiger partial charge in [-0.3, -0.25) is 9.97 Å². The van der Waals surface area contributed by atoms with Crippen LogP contribution < -0.4 is 0 Å². The van der Waals surface area contributed by atoms with Crippen LogP contribution in [0.3, 0.4) is 0 Å². The van der Waals surface area contributed by atoms with Crippen molar-refractivity contribution >= 4 is 11.4 Å². The molecule has 0 fully saturated rings. The molecule has 3 aliphatic rings. The molecule has 3 heterocycles. The molecule has 4 nitrogen and oxygen atoms in total. The van der Waals surface area contributed by atoms with E-state index in [4.69, 9.17) is 20.6 Å². The van der Waals surface area contributed by atoms with Gasteiger partial charge in [-0.1, -0.05) is 158 Å². The quantitative estimate of drug-likeness (QED) is 0.153. The van der Waals surface area contributed by atoms with Crippen molar-refractivity contribution in [1.29, 1.82) is 0 Å². The monoisotopic (exact) mass is 857 g/mol. The average molecular weight is 858 g/mol. The molecule has 4 bridgehead atoms. The van der Waals surface area contributed by atoms with Crippen LogP contribution in [-0.4, -0.2) is 9.97 Å².